The molecule has 0 saturated carbocycles. The lowest BCUT2D eigenvalue weighted by Crippen LogP contribution is -2.48. The maximum absolute atomic E-state index is 12.8. The number of hydrogen-bond donors (Lipinski definition) is 0. The molecule has 0 aliphatic carbocycles. The van der Waals surface area contributed by atoms with Crippen LogP contribution >= 0.6 is 11.3 Å². The summed E-state index contributed by atoms with van der Waals surface area (Å²) in [6.07, 6.45) is 5.11. The van der Waals surface area contributed by atoms with E-state index in [0.717, 1.165) is 56.1 Å². The lowest BCUT2D eigenvalue weighted by molar-refractivity contribution is 0.0635. The molecule has 0 N–H and O–H groups in total. The zero-order chi connectivity index (χ0) is 20.3. The number of fused-ring (bicyclic) bond motifs is 1. The summed E-state index contributed by atoms with van der Waals surface area (Å²) in [7, 11) is 0. The highest BCUT2D eigenvalue weighted by Crippen LogP contribution is 2.21. The summed E-state index contributed by atoms with van der Waals surface area (Å²) in [4.78, 5) is 22.6. The van der Waals surface area contributed by atoms with Crippen molar-refractivity contribution in [3.63, 3.8) is 0 Å². The molecule has 5 heterocycles. The third kappa shape index (κ3) is 3.96. The first-order valence-corrected chi connectivity index (χ1v) is 10.8. The van der Waals surface area contributed by atoms with E-state index in [9.17, 15) is 4.79 Å². The number of thiophene rings is 1. The summed E-state index contributed by atoms with van der Waals surface area (Å²) in [5.74, 6) is 1.39. The van der Waals surface area contributed by atoms with Crippen LogP contribution in [0.15, 0.2) is 46.7 Å². The molecule has 1 aliphatic heterocycles. The second-order valence-electron chi connectivity index (χ2n) is 7.24. The lowest BCUT2D eigenvalue weighted by Gasteiger charge is -2.34. The highest BCUT2D eigenvalue weighted by Gasteiger charge is 2.22. The minimum Gasteiger partial charge on any atom is -0.339 e. The number of hydrogen-bond acceptors (Lipinski definition) is 8. The number of carbonyl (C=O) groups excluding carboxylic acids is 1. The second-order valence-corrected chi connectivity index (χ2v) is 8.19. The van der Waals surface area contributed by atoms with Crippen LogP contribution < -0.4 is 0 Å². The van der Waals surface area contributed by atoms with Crippen LogP contribution in [0.4, 0.5) is 0 Å². The van der Waals surface area contributed by atoms with Crippen LogP contribution in [0.5, 0.6) is 0 Å². The van der Waals surface area contributed by atoms with Gasteiger partial charge in [-0.3, -0.25) is 14.1 Å². The number of aryl methyl sites for hydroxylation is 1. The molecule has 1 saturated heterocycles. The van der Waals surface area contributed by atoms with Crippen LogP contribution in [-0.2, 0) is 6.42 Å². The Hall–Kier alpha value is -3.11. The molecule has 30 heavy (non-hydrogen) atoms. The Morgan fingerprint density at radius 3 is 2.90 bits per heavy atom. The standard InChI is InChI=1S/C20H21N7O2S/c28-20(15-5-6-17-23-21-14-27(17)13-15)26-10-8-25(9-11-26)7-1-4-18-22-19(24-29-18)16-3-2-12-30-16/h2-3,5-6,12-14H,1,4,7-11H2. The summed E-state index contributed by atoms with van der Waals surface area (Å²) < 4.78 is 7.13. The number of piperazine rings is 1. The van der Waals surface area contributed by atoms with E-state index in [1.165, 1.54) is 0 Å². The van der Waals surface area contributed by atoms with Crippen LogP contribution in [0.1, 0.15) is 22.7 Å². The first-order chi connectivity index (χ1) is 14.8. The van der Waals surface area contributed by atoms with Gasteiger partial charge in [0.2, 0.25) is 11.7 Å². The zero-order valence-corrected chi connectivity index (χ0v) is 17.2. The van der Waals surface area contributed by atoms with E-state index in [1.54, 1.807) is 28.3 Å². The van der Waals surface area contributed by atoms with Gasteiger partial charge in [0.05, 0.1) is 10.4 Å². The lowest BCUT2D eigenvalue weighted by atomic mass is 10.2. The van der Waals surface area contributed by atoms with E-state index < -0.39 is 0 Å². The Balaban J connectivity index is 1.09. The summed E-state index contributed by atoms with van der Waals surface area (Å²) in [5, 5.41) is 13.9. The Morgan fingerprint density at radius 2 is 2.07 bits per heavy atom. The fourth-order valence-electron chi connectivity index (χ4n) is 3.63. The highest BCUT2D eigenvalue weighted by molar-refractivity contribution is 7.13. The topological polar surface area (TPSA) is 92.7 Å². The normalized spacial score (nSPS) is 15.1. The van der Waals surface area contributed by atoms with Crippen molar-refractivity contribution in [2.45, 2.75) is 12.8 Å². The van der Waals surface area contributed by atoms with Crippen molar-refractivity contribution in [2.75, 3.05) is 32.7 Å². The third-order valence-corrected chi connectivity index (χ3v) is 6.14. The summed E-state index contributed by atoms with van der Waals surface area (Å²) in [5.41, 5.74) is 1.40. The number of nitrogens with zero attached hydrogens (tertiary/aromatic N) is 7. The molecule has 154 valence electrons. The Morgan fingerprint density at radius 1 is 1.17 bits per heavy atom. The predicted molar refractivity (Wildman–Crippen MR) is 111 cm³/mol. The van der Waals surface area contributed by atoms with Crippen molar-refractivity contribution in [3.8, 4) is 10.7 Å². The molecule has 0 radical (unpaired) electrons. The summed E-state index contributed by atoms with van der Waals surface area (Å²) in [6.45, 7) is 4.13. The average molecular weight is 424 g/mol. The van der Waals surface area contributed by atoms with Gasteiger partial charge in [-0.15, -0.1) is 21.5 Å². The fourth-order valence-corrected chi connectivity index (χ4v) is 4.28. The molecule has 0 aromatic carbocycles. The molecule has 0 bridgehead atoms. The molecule has 9 nitrogen and oxygen atoms in total. The Bertz CT molecular complexity index is 1130. The zero-order valence-electron chi connectivity index (χ0n) is 16.3. The fraction of sp³-hybridized carbons (Fsp3) is 0.350. The van der Waals surface area contributed by atoms with Crippen molar-refractivity contribution in [3.05, 3.63) is 53.6 Å². The first-order valence-electron chi connectivity index (χ1n) is 9.94. The van der Waals surface area contributed by atoms with Gasteiger partial charge >= 0.3 is 0 Å². The summed E-state index contributed by atoms with van der Waals surface area (Å²) in [6, 6.07) is 7.60. The van der Waals surface area contributed by atoms with Crippen LogP contribution in [0.3, 0.4) is 0 Å². The third-order valence-electron chi connectivity index (χ3n) is 5.27. The molecule has 4 aromatic rings. The summed E-state index contributed by atoms with van der Waals surface area (Å²) >= 11 is 1.60. The predicted octanol–water partition coefficient (Wildman–Crippen LogP) is 2.23. The molecular weight excluding hydrogens is 402 g/mol. The largest absolute Gasteiger partial charge is 0.339 e. The molecule has 1 amide bonds. The van der Waals surface area contributed by atoms with Crippen molar-refractivity contribution < 1.29 is 9.32 Å². The molecular formula is C20H21N7O2S. The van der Waals surface area contributed by atoms with Gasteiger partial charge in [-0.25, -0.2) is 0 Å². The second kappa shape index (κ2) is 8.33. The van der Waals surface area contributed by atoms with Gasteiger partial charge in [-0.2, -0.15) is 4.98 Å². The smallest absolute Gasteiger partial charge is 0.255 e. The molecule has 10 heteroatoms. The quantitative estimate of drug-likeness (QED) is 0.469. The number of amides is 1. The maximum Gasteiger partial charge on any atom is 0.255 e. The Kier molecular flexibility index (Phi) is 5.24. The first kappa shape index (κ1) is 18.9. The van der Waals surface area contributed by atoms with Crippen molar-refractivity contribution in [1.82, 2.24) is 34.5 Å². The van der Waals surface area contributed by atoms with Gasteiger partial charge in [-0.1, -0.05) is 11.2 Å². The Labute approximate surface area is 176 Å². The molecule has 5 rings (SSSR count). The van der Waals surface area contributed by atoms with E-state index in [1.807, 2.05) is 34.5 Å². The number of aromatic nitrogens is 5. The van der Waals surface area contributed by atoms with Crippen molar-refractivity contribution >= 4 is 22.9 Å². The van der Waals surface area contributed by atoms with Gasteiger partial charge in [-0.05, 0) is 36.5 Å². The molecule has 4 aromatic heterocycles. The molecule has 1 fully saturated rings. The SMILES string of the molecule is O=C(c1ccc2nncn2c1)N1CCN(CCCc2nc(-c3cccs3)no2)CC1. The maximum atomic E-state index is 12.8. The molecule has 0 unspecified atom stereocenters. The van der Waals surface area contributed by atoms with E-state index >= 15 is 0 Å². The van der Waals surface area contributed by atoms with E-state index in [2.05, 4.69) is 25.2 Å². The molecule has 0 spiro atoms. The minimum absolute atomic E-state index is 0.0530. The minimum atomic E-state index is 0.0530. The van der Waals surface area contributed by atoms with Gasteiger partial charge in [0, 0.05) is 38.8 Å². The molecule has 0 atom stereocenters. The number of carbonyl (C=O) groups is 1. The highest BCUT2D eigenvalue weighted by atomic mass is 32.1. The van der Waals surface area contributed by atoms with E-state index in [-0.39, 0.29) is 5.91 Å². The number of rotatable bonds is 6. The monoisotopic (exact) mass is 423 g/mol. The van der Waals surface area contributed by atoms with Crippen LogP contribution in [0, 0.1) is 0 Å². The van der Waals surface area contributed by atoms with Gasteiger partial charge in [0.25, 0.3) is 5.91 Å². The van der Waals surface area contributed by atoms with E-state index in [0.29, 0.717) is 17.3 Å². The van der Waals surface area contributed by atoms with Gasteiger partial charge in [0.15, 0.2) is 5.65 Å². The van der Waals surface area contributed by atoms with E-state index in [4.69, 9.17) is 4.52 Å². The average Bonchev–Trinajstić information content (AvgIpc) is 3.54. The van der Waals surface area contributed by atoms with Crippen LogP contribution in [0.2, 0.25) is 0 Å². The van der Waals surface area contributed by atoms with Gasteiger partial charge < -0.3 is 9.42 Å². The number of pyridine rings is 1. The van der Waals surface area contributed by atoms with Crippen LogP contribution in [-0.4, -0.2) is 73.2 Å². The van der Waals surface area contributed by atoms with Gasteiger partial charge in [0.1, 0.15) is 6.33 Å². The van der Waals surface area contributed by atoms with Crippen LogP contribution in [0.25, 0.3) is 16.3 Å². The van der Waals surface area contributed by atoms with Crippen molar-refractivity contribution in [1.29, 1.82) is 0 Å². The molecule has 1 aliphatic rings. The van der Waals surface area contributed by atoms with Crippen molar-refractivity contribution in [2.24, 2.45) is 0 Å².